The highest BCUT2D eigenvalue weighted by molar-refractivity contribution is 7.13. The van der Waals surface area contributed by atoms with Crippen molar-refractivity contribution in [3.8, 4) is 0 Å². The Balaban J connectivity index is 1.95. The number of carbonyl (C=O) groups excluding carboxylic acids is 2. The number of hydrogen-bond acceptors (Lipinski definition) is 7. The van der Waals surface area contributed by atoms with Crippen LogP contribution in [0.15, 0.2) is 23.2 Å². The van der Waals surface area contributed by atoms with Crippen LogP contribution < -0.4 is 16.0 Å². The maximum atomic E-state index is 12.2. The first-order valence-corrected chi connectivity index (χ1v) is 11.1. The minimum absolute atomic E-state index is 0.152. The summed E-state index contributed by atoms with van der Waals surface area (Å²) < 4.78 is 5.08. The van der Waals surface area contributed by atoms with E-state index in [9.17, 15) is 9.59 Å². The molecule has 10 heteroatoms. The number of hydrogen-bond donors (Lipinski definition) is 3. The predicted octanol–water partition coefficient (Wildman–Crippen LogP) is 2.98. The Kier molecular flexibility index (Phi) is 9.39. The van der Waals surface area contributed by atoms with Crippen LogP contribution in [-0.2, 0) is 9.53 Å². The number of amides is 1. The van der Waals surface area contributed by atoms with E-state index in [2.05, 4.69) is 30.9 Å². The first-order chi connectivity index (χ1) is 14.8. The third kappa shape index (κ3) is 7.63. The first kappa shape index (κ1) is 24.3. The molecule has 2 heterocycles. The summed E-state index contributed by atoms with van der Waals surface area (Å²) in [4.78, 5) is 37.9. The Morgan fingerprint density at radius 2 is 2.00 bits per heavy atom. The second-order valence-electron chi connectivity index (χ2n) is 6.78. The second kappa shape index (κ2) is 12.0. The van der Waals surface area contributed by atoms with E-state index >= 15 is 0 Å². The predicted molar refractivity (Wildman–Crippen MR) is 123 cm³/mol. The lowest BCUT2D eigenvalue weighted by Crippen LogP contribution is -2.39. The van der Waals surface area contributed by atoms with Crippen LogP contribution in [0.2, 0.25) is 0 Å². The van der Waals surface area contributed by atoms with Gasteiger partial charge < -0.3 is 20.7 Å². The van der Waals surface area contributed by atoms with Gasteiger partial charge in [0.05, 0.1) is 24.9 Å². The van der Waals surface area contributed by atoms with Crippen molar-refractivity contribution < 1.29 is 14.3 Å². The normalized spacial score (nSPS) is 12.2. The summed E-state index contributed by atoms with van der Waals surface area (Å²) in [5.41, 5.74) is 1.49. The number of nitrogens with zero attached hydrogens (tertiary/aromatic N) is 3. The molecule has 9 nitrogen and oxygen atoms in total. The van der Waals surface area contributed by atoms with Gasteiger partial charge in [-0.05, 0) is 46.8 Å². The molecule has 0 spiro atoms. The molecule has 3 N–H and O–H groups in total. The van der Waals surface area contributed by atoms with Crippen molar-refractivity contribution in [1.82, 2.24) is 20.6 Å². The van der Waals surface area contributed by atoms with Gasteiger partial charge in [0.2, 0.25) is 5.91 Å². The molecule has 0 fully saturated rings. The minimum Gasteiger partial charge on any atom is -0.462 e. The van der Waals surface area contributed by atoms with Crippen LogP contribution in [0, 0.1) is 13.8 Å². The molecular weight excluding hydrogens is 416 g/mol. The lowest BCUT2D eigenvalue weighted by atomic mass is 10.3. The Morgan fingerprint density at radius 3 is 2.68 bits per heavy atom. The molecule has 2 aromatic heterocycles. The third-order valence-corrected chi connectivity index (χ3v) is 5.43. The number of ether oxygens (including phenoxy) is 1. The molecule has 2 aromatic rings. The lowest BCUT2D eigenvalue weighted by molar-refractivity contribution is -0.116. The zero-order valence-electron chi connectivity index (χ0n) is 18.6. The average molecular weight is 447 g/mol. The fraction of sp³-hybridized carbons (Fsp3) is 0.476. The molecule has 1 amide bonds. The lowest BCUT2D eigenvalue weighted by Gasteiger charge is -2.16. The van der Waals surface area contributed by atoms with Crippen LogP contribution in [0.4, 0.5) is 5.82 Å². The second-order valence-corrected chi connectivity index (χ2v) is 7.81. The van der Waals surface area contributed by atoms with E-state index in [1.54, 1.807) is 19.9 Å². The number of carbonyl (C=O) groups is 2. The molecule has 0 aliphatic heterocycles. The van der Waals surface area contributed by atoms with Gasteiger partial charge in [0.1, 0.15) is 15.7 Å². The van der Waals surface area contributed by atoms with Crippen molar-refractivity contribution in [2.75, 3.05) is 25.0 Å². The minimum atomic E-state index is -0.356. The van der Waals surface area contributed by atoms with Crippen molar-refractivity contribution in [2.24, 2.45) is 4.99 Å². The fourth-order valence-corrected chi connectivity index (χ4v) is 3.63. The van der Waals surface area contributed by atoms with Crippen molar-refractivity contribution in [3.05, 3.63) is 39.5 Å². The quantitative estimate of drug-likeness (QED) is 0.308. The van der Waals surface area contributed by atoms with E-state index in [1.807, 2.05) is 32.9 Å². The molecular formula is C21H30N6O3S. The van der Waals surface area contributed by atoms with E-state index in [0.717, 1.165) is 10.7 Å². The maximum Gasteiger partial charge on any atom is 0.350 e. The van der Waals surface area contributed by atoms with Gasteiger partial charge in [-0.2, -0.15) is 0 Å². The highest BCUT2D eigenvalue weighted by Crippen LogP contribution is 2.24. The standard InChI is InChI=1S/C21H30N6O3S/c1-6-22-21(23-12-11-17(28)27-16-10-8-9-13(3)24-16)26-15(5)19-25-14(4)18(31-19)20(29)30-7-2/h8-10,15H,6-7,11-12H2,1-5H3,(H2,22,23,26)(H,24,27,28). The van der Waals surface area contributed by atoms with Crippen LogP contribution in [0.5, 0.6) is 0 Å². The highest BCUT2D eigenvalue weighted by Gasteiger charge is 2.20. The molecule has 168 valence electrons. The zero-order chi connectivity index (χ0) is 22.8. The summed E-state index contributed by atoms with van der Waals surface area (Å²) >= 11 is 1.30. The number of aryl methyl sites for hydroxylation is 2. The number of anilines is 1. The number of rotatable bonds is 9. The zero-order valence-corrected chi connectivity index (χ0v) is 19.4. The van der Waals surface area contributed by atoms with E-state index in [4.69, 9.17) is 4.74 Å². The maximum absolute atomic E-state index is 12.2. The first-order valence-electron chi connectivity index (χ1n) is 10.3. The largest absolute Gasteiger partial charge is 0.462 e. The molecule has 0 aliphatic carbocycles. The Morgan fingerprint density at radius 1 is 1.23 bits per heavy atom. The molecule has 0 saturated carbocycles. The van der Waals surface area contributed by atoms with E-state index in [1.165, 1.54) is 11.3 Å². The van der Waals surface area contributed by atoms with Crippen molar-refractivity contribution in [1.29, 1.82) is 0 Å². The summed E-state index contributed by atoms with van der Waals surface area (Å²) in [7, 11) is 0. The monoisotopic (exact) mass is 446 g/mol. The molecule has 0 radical (unpaired) electrons. The Bertz CT molecular complexity index is 928. The number of pyridine rings is 1. The number of guanidine groups is 1. The Labute approximate surface area is 186 Å². The highest BCUT2D eigenvalue weighted by atomic mass is 32.1. The number of thiazole rings is 1. The van der Waals surface area contributed by atoms with Gasteiger partial charge in [0.25, 0.3) is 0 Å². The van der Waals surface area contributed by atoms with Crippen LogP contribution in [0.3, 0.4) is 0 Å². The number of aliphatic imine (C=N–C) groups is 1. The van der Waals surface area contributed by atoms with Crippen molar-refractivity contribution in [3.63, 3.8) is 0 Å². The van der Waals surface area contributed by atoms with Gasteiger partial charge in [0.15, 0.2) is 5.96 Å². The number of aromatic nitrogens is 2. The van der Waals surface area contributed by atoms with E-state index in [-0.39, 0.29) is 24.3 Å². The van der Waals surface area contributed by atoms with Crippen LogP contribution in [-0.4, -0.2) is 47.5 Å². The van der Waals surface area contributed by atoms with Crippen molar-refractivity contribution >= 4 is 35.0 Å². The van der Waals surface area contributed by atoms with Crippen LogP contribution in [0.25, 0.3) is 0 Å². The van der Waals surface area contributed by atoms with Crippen LogP contribution >= 0.6 is 11.3 Å². The van der Waals surface area contributed by atoms with Crippen LogP contribution in [0.1, 0.15) is 59.3 Å². The van der Waals surface area contributed by atoms with E-state index < -0.39 is 0 Å². The van der Waals surface area contributed by atoms with Gasteiger partial charge in [-0.1, -0.05) is 6.07 Å². The number of esters is 1. The van der Waals surface area contributed by atoms with Crippen molar-refractivity contribution in [2.45, 2.75) is 47.1 Å². The van der Waals surface area contributed by atoms with Gasteiger partial charge >= 0.3 is 5.97 Å². The van der Waals surface area contributed by atoms with Gasteiger partial charge in [0, 0.05) is 18.7 Å². The molecule has 0 saturated heterocycles. The molecule has 31 heavy (non-hydrogen) atoms. The summed E-state index contributed by atoms with van der Waals surface area (Å²) in [6.45, 7) is 10.6. The SMILES string of the molecule is CCNC(=NCCC(=O)Nc1cccc(C)n1)NC(C)c1nc(C)c(C(=O)OCC)s1. The molecule has 0 aliphatic rings. The van der Waals surface area contributed by atoms with Gasteiger partial charge in [-0.3, -0.25) is 9.79 Å². The third-order valence-electron chi connectivity index (χ3n) is 4.11. The number of nitrogens with one attached hydrogen (secondary N) is 3. The molecule has 2 rings (SSSR count). The summed E-state index contributed by atoms with van der Waals surface area (Å²) in [6, 6.07) is 5.30. The molecule has 0 aromatic carbocycles. The fourth-order valence-electron chi connectivity index (χ4n) is 2.66. The molecule has 1 unspecified atom stereocenters. The van der Waals surface area contributed by atoms with Gasteiger partial charge in [-0.25, -0.2) is 14.8 Å². The molecule has 0 bridgehead atoms. The topological polar surface area (TPSA) is 118 Å². The van der Waals surface area contributed by atoms with Gasteiger partial charge in [-0.15, -0.1) is 11.3 Å². The summed E-state index contributed by atoms with van der Waals surface area (Å²) in [5.74, 6) is 0.595. The summed E-state index contributed by atoms with van der Waals surface area (Å²) in [5, 5.41) is 9.96. The summed E-state index contributed by atoms with van der Waals surface area (Å²) in [6.07, 6.45) is 0.226. The smallest absolute Gasteiger partial charge is 0.350 e. The average Bonchev–Trinajstić information content (AvgIpc) is 3.10. The Hall–Kier alpha value is -3.01. The van der Waals surface area contributed by atoms with E-state index in [0.29, 0.717) is 42.0 Å². The molecule has 1 atom stereocenters.